The Labute approximate surface area is 118 Å². The van der Waals surface area contributed by atoms with Crippen molar-refractivity contribution in [1.29, 1.82) is 0 Å². The summed E-state index contributed by atoms with van der Waals surface area (Å²) in [6.07, 6.45) is 0.830. The van der Waals surface area contributed by atoms with Gasteiger partial charge in [-0.2, -0.15) is 0 Å². The van der Waals surface area contributed by atoms with E-state index in [1.165, 1.54) is 5.56 Å². The molecule has 6 nitrogen and oxygen atoms in total. The second-order valence-electron chi connectivity index (χ2n) is 4.85. The maximum Gasteiger partial charge on any atom is 0.321 e. The van der Waals surface area contributed by atoms with Crippen LogP contribution in [0.5, 0.6) is 0 Å². The maximum absolute atomic E-state index is 11.7. The van der Waals surface area contributed by atoms with Crippen molar-refractivity contribution in [2.75, 3.05) is 25.4 Å². The molecule has 2 rings (SSSR count). The Hall–Kier alpha value is -2.08. The highest BCUT2D eigenvalue weighted by molar-refractivity contribution is 5.95. The number of hydrogen-bond acceptors (Lipinski definition) is 4. The molecule has 0 bridgehead atoms. The molecule has 0 aliphatic carbocycles. The Kier molecular flexibility index (Phi) is 4.57. The average Bonchev–Trinajstić information content (AvgIpc) is 2.38. The van der Waals surface area contributed by atoms with Crippen molar-refractivity contribution in [3.8, 4) is 0 Å². The van der Waals surface area contributed by atoms with Crippen molar-refractivity contribution in [3.63, 3.8) is 0 Å². The van der Waals surface area contributed by atoms with Crippen LogP contribution in [0.1, 0.15) is 18.1 Å². The number of urea groups is 1. The molecule has 6 heteroatoms. The topological polar surface area (TPSA) is 87.5 Å². The number of benzene rings is 1. The fraction of sp³-hybridized carbons (Fsp3) is 0.429. The molecular formula is C14H20N4O2. The summed E-state index contributed by atoms with van der Waals surface area (Å²) in [5.74, 6) is -0.289. The molecular weight excluding hydrogens is 256 g/mol. The van der Waals surface area contributed by atoms with Gasteiger partial charge >= 0.3 is 6.03 Å². The minimum absolute atomic E-state index is 0.214. The molecule has 1 aliphatic rings. The lowest BCUT2D eigenvalue weighted by atomic mass is 9.98. The number of nitrogens with two attached hydrogens (primary N) is 1. The van der Waals surface area contributed by atoms with Crippen LogP contribution in [0.3, 0.4) is 0 Å². The van der Waals surface area contributed by atoms with Gasteiger partial charge in [0.15, 0.2) is 0 Å². The molecule has 3 amide bonds. The van der Waals surface area contributed by atoms with E-state index in [0.717, 1.165) is 24.2 Å². The summed E-state index contributed by atoms with van der Waals surface area (Å²) in [5, 5.41) is 4.84. The Balaban J connectivity index is 1.90. The molecule has 0 radical (unpaired) electrons. The first-order valence-electron chi connectivity index (χ1n) is 6.76. The van der Waals surface area contributed by atoms with E-state index >= 15 is 0 Å². The Morgan fingerprint density at radius 3 is 2.95 bits per heavy atom. The summed E-state index contributed by atoms with van der Waals surface area (Å²) in [5.41, 5.74) is 9.08. The number of rotatable bonds is 3. The minimum Gasteiger partial charge on any atom is -0.398 e. The number of carbonyl (C=O) groups is 2. The zero-order valence-electron chi connectivity index (χ0n) is 11.6. The monoisotopic (exact) mass is 276 g/mol. The van der Waals surface area contributed by atoms with E-state index in [-0.39, 0.29) is 12.5 Å². The first-order valence-corrected chi connectivity index (χ1v) is 6.76. The molecule has 20 heavy (non-hydrogen) atoms. The van der Waals surface area contributed by atoms with E-state index in [4.69, 9.17) is 5.73 Å². The second-order valence-corrected chi connectivity index (χ2v) is 4.85. The zero-order valence-corrected chi connectivity index (χ0v) is 11.6. The van der Waals surface area contributed by atoms with Crippen LogP contribution >= 0.6 is 0 Å². The number of nitrogens with zero attached hydrogens (tertiary/aromatic N) is 1. The van der Waals surface area contributed by atoms with Gasteiger partial charge in [0.25, 0.3) is 0 Å². The number of hydrogen-bond donors (Lipinski definition) is 3. The van der Waals surface area contributed by atoms with Gasteiger partial charge in [0.05, 0.1) is 6.54 Å². The molecule has 1 aromatic rings. The summed E-state index contributed by atoms with van der Waals surface area (Å²) in [4.78, 5) is 25.0. The summed E-state index contributed by atoms with van der Waals surface area (Å²) in [7, 11) is 0. The Morgan fingerprint density at radius 1 is 1.40 bits per heavy atom. The predicted octanol–water partition coefficient (Wildman–Crippen LogP) is 0.473. The van der Waals surface area contributed by atoms with Gasteiger partial charge in [-0.1, -0.05) is 12.1 Å². The molecule has 0 aromatic heterocycles. The molecule has 0 unspecified atom stereocenters. The third-order valence-electron chi connectivity index (χ3n) is 3.34. The molecule has 1 heterocycles. The van der Waals surface area contributed by atoms with Crippen LogP contribution in [0, 0.1) is 0 Å². The number of anilines is 1. The normalized spacial score (nSPS) is 14.4. The second kappa shape index (κ2) is 6.38. The van der Waals surface area contributed by atoms with Crippen molar-refractivity contribution < 1.29 is 9.59 Å². The lowest BCUT2D eigenvalue weighted by molar-refractivity contribution is -0.121. The lowest BCUT2D eigenvalue weighted by Gasteiger charge is -2.28. The summed E-state index contributed by atoms with van der Waals surface area (Å²) < 4.78 is 0. The first kappa shape index (κ1) is 14.3. The number of fused-ring (bicyclic) bond motifs is 1. The number of nitrogen functional groups attached to an aromatic ring is 1. The van der Waals surface area contributed by atoms with Crippen LogP contribution in [-0.4, -0.2) is 36.5 Å². The molecule has 1 aromatic carbocycles. The van der Waals surface area contributed by atoms with E-state index in [2.05, 4.69) is 10.6 Å². The van der Waals surface area contributed by atoms with Crippen LogP contribution in [0.15, 0.2) is 18.2 Å². The van der Waals surface area contributed by atoms with Crippen molar-refractivity contribution in [3.05, 3.63) is 29.3 Å². The lowest BCUT2D eigenvalue weighted by Crippen LogP contribution is -2.45. The fourth-order valence-electron chi connectivity index (χ4n) is 2.41. The van der Waals surface area contributed by atoms with Crippen molar-refractivity contribution in [2.45, 2.75) is 19.9 Å². The summed E-state index contributed by atoms with van der Waals surface area (Å²) in [6.45, 7) is 3.96. The zero-order chi connectivity index (χ0) is 14.5. The van der Waals surface area contributed by atoms with Gasteiger partial charge in [-0.3, -0.25) is 15.0 Å². The molecule has 0 atom stereocenters. The first-order chi connectivity index (χ1) is 9.60. The van der Waals surface area contributed by atoms with E-state index in [1.807, 2.05) is 23.1 Å². The number of nitrogens with one attached hydrogen (secondary N) is 2. The highest BCUT2D eigenvalue weighted by atomic mass is 16.2. The number of carbonyl (C=O) groups excluding carboxylic acids is 2. The molecule has 4 N–H and O–H groups in total. The van der Waals surface area contributed by atoms with Crippen molar-refractivity contribution in [2.24, 2.45) is 0 Å². The minimum atomic E-state index is -0.445. The SMILES string of the molecule is CCNC(=O)NC(=O)CN1CCc2c(N)cccc2C1. The Bertz CT molecular complexity index is 516. The average molecular weight is 276 g/mol. The van der Waals surface area contributed by atoms with E-state index in [1.54, 1.807) is 6.92 Å². The third kappa shape index (κ3) is 3.48. The van der Waals surface area contributed by atoms with E-state index < -0.39 is 6.03 Å². The van der Waals surface area contributed by atoms with Crippen LogP contribution in [0.4, 0.5) is 10.5 Å². The van der Waals surface area contributed by atoms with Crippen molar-refractivity contribution in [1.82, 2.24) is 15.5 Å². The molecule has 1 aliphatic heterocycles. The van der Waals surface area contributed by atoms with Gasteiger partial charge < -0.3 is 11.1 Å². The van der Waals surface area contributed by atoms with Gasteiger partial charge in [0.2, 0.25) is 5.91 Å². The summed E-state index contributed by atoms with van der Waals surface area (Å²) >= 11 is 0. The highest BCUT2D eigenvalue weighted by Crippen LogP contribution is 2.23. The summed E-state index contributed by atoms with van der Waals surface area (Å²) in [6, 6.07) is 5.40. The largest absolute Gasteiger partial charge is 0.398 e. The third-order valence-corrected chi connectivity index (χ3v) is 3.34. The fourth-order valence-corrected chi connectivity index (χ4v) is 2.41. The Morgan fingerprint density at radius 2 is 2.20 bits per heavy atom. The van der Waals surface area contributed by atoms with Gasteiger partial charge in [0, 0.05) is 25.3 Å². The van der Waals surface area contributed by atoms with Crippen LogP contribution in [0.2, 0.25) is 0 Å². The quantitative estimate of drug-likeness (QED) is 0.700. The van der Waals surface area contributed by atoms with Crippen molar-refractivity contribution >= 4 is 17.6 Å². The predicted molar refractivity (Wildman–Crippen MR) is 77.1 cm³/mol. The van der Waals surface area contributed by atoms with Gasteiger partial charge in [0.1, 0.15) is 0 Å². The highest BCUT2D eigenvalue weighted by Gasteiger charge is 2.20. The molecule has 108 valence electrons. The smallest absolute Gasteiger partial charge is 0.321 e. The van der Waals surface area contributed by atoms with Gasteiger partial charge in [-0.15, -0.1) is 0 Å². The number of imide groups is 1. The van der Waals surface area contributed by atoms with Crippen LogP contribution in [0.25, 0.3) is 0 Å². The number of amides is 3. The molecule has 0 saturated heterocycles. The van der Waals surface area contributed by atoms with Gasteiger partial charge in [-0.05, 0) is 30.5 Å². The van der Waals surface area contributed by atoms with E-state index in [0.29, 0.717) is 13.1 Å². The van der Waals surface area contributed by atoms with Gasteiger partial charge in [-0.25, -0.2) is 4.79 Å². The van der Waals surface area contributed by atoms with Crippen LogP contribution < -0.4 is 16.4 Å². The molecule has 0 fully saturated rings. The maximum atomic E-state index is 11.7. The molecule has 0 spiro atoms. The van der Waals surface area contributed by atoms with Crippen LogP contribution in [-0.2, 0) is 17.8 Å². The van der Waals surface area contributed by atoms with E-state index in [9.17, 15) is 9.59 Å². The molecule has 0 saturated carbocycles. The standard InChI is InChI=1S/C14H20N4O2/c1-2-16-14(20)17-13(19)9-18-7-6-11-10(8-18)4-3-5-12(11)15/h3-5H,2,6-9,15H2,1H3,(H2,16,17,19,20).